The van der Waals surface area contributed by atoms with Crippen molar-refractivity contribution in [3.05, 3.63) is 88.8 Å². The Balaban J connectivity index is 1.33. The fraction of sp³-hybridized carbons (Fsp3) is 0.0455. The number of sulfone groups is 1. The Morgan fingerprint density at radius 2 is 1.91 bits per heavy atom. The summed E-state index contributed by atoms with van der Waals surface area (Å²) in [5.41, 5.74) is 1.27. The maximum atomic E-state index is 13.1. The standard InChI is InChI=1S/C22H15ClN4O3S2/c23-16-3-6-20-25-12-21(27(20)13-16)32(29,30)17-4-1-14(2-5-17)10-26-22(28)18-9-15-7-8-24-11-19(15)31-18/h1-9,11-13H,10H2,(H,26,28). The zero-order chi connectivity index (χ0) is 22.3. The summed E-state index contributed by atoms with van der Waals surface area (Å²) in [6.45, 7) is 0.275. The van der Waals surface area contributed by atoms with Crippen molar-refractivity contribution in [3.8, 4) is 0 Å². The third kappa shape index (κ3) is 3.75. The number of halogens is 1. The third-order valence-electron chi connectivity index (χ3n) is 4.94. The second-order valence-electron chi connectivity index (χ2n) is 7.03. The highest BCUT2D eigenvalue weighted by atomic mass is 35.5. The predicted octanol–water partition coefficient (Wildman–Crippen LogP) is 4.36. The number of imidazole rings is 1. The van der Waals surface area contributed by atoms with E-state index >= 15 is 0 Å². The lowest BCUT2D eigenvalue weighted by Crippen LogP contribution is -2.21. The van der Waals surface area contributed by atoms with Gasteiger partial charge in [0.15, 0.2) is 5.03 Å². The first-order chi connectivity index (χ1) is 15.4. The molecule has 0 saturated carbocycles. The molecule has 5 aromatic rings. The van der Waals surface area contributed by atoms with Crippen LogP contribution >= 0.6 is 22.9 Å². The maximum Gasteiger partial charge on any atom is 0.261 e. The van der Waals surface area contributed by atoms with Gasteiger partial charge in [-0.25, -0.2) is 13.4 Å². The SMILES string of the molecule is O=C(NCc1ccc(S(=O)(=O)c2cnc3ccc(Cl)cn23)cc1)c1cc2ccncc2s1. The van der Waals surface area contributed by atoms with E-state index in [0.29, 0.717) is 15.5 Å². The summed E-state index contributed by atoms with van der Waals surface area (Å²) >= 11 is 7.39. The molecule has 160 valence electrons. The molecular weight excluding hydrogens is 468 g/mol. The van der Waals surface area contributed by atoms with Gasteiger partial charge in [-0.2, -0.15) is 0 Å². The van der Waals surface area contributed by atoms with E-state index in [1.54, 1.807) is 36.7 Å². The van der Waals surface area contributed by atoms with Gasteiger partial charge in [0.25, 0.3) is 5.91 Å². The Morgan fingerprint density at radius 1 is 1.09 bits per heavy atom. The summed E-state index contributed by atoms with van der Waals surface area (Å²) in [4.78, 5) is 21.4. The molecule has 0 radical (unpaired) electrons. The van der Waals surface area contributed by atoms with Crippen molar-refractivity contribution in [1.82, 2.24) is 19.7 Å². The van der Waals surface area contributed by atoms with Crippen LogP contribution in [-0.2, 0) is 16.4 Å². The number of carbonyl (C=O) groups excluding carboxylic acids is 1. The van der Waals surface area contributed by atoms with E-state index in [-0.39, 0.29) is 22.4 Å². The molecule has 4 heterocycles. The Kier molecular flexibility index (Phi) is 5.16. The molecule has 0 aliphatic rings. The molecule has 7 nitrogen and oxygen atoms in total. The van der Waals surface area contributed by atoms with Crippen LogP contribution in [-0.4, -0.2) is 28.7 Å². The first-order valence-corrected chi connectivity index (χ1v) is 12.2. The van der Waals surface area contributed by atoms with E-state index < -0.39 is 9.84 Å². The lowest BCUT2D eigenvalue weighted by Gasteiger charge is -2.07. The lowest BCUT2D eigenvalue weighted by molar-refractivity contribution is 0.0955. The highest BCUT2D eigenvalue weighted by Gasteiger charge is 2.22. The number of thiophene rings is 1. The van der Waals surface area contributed by atoms with Crippen molar-refractivity contribution in [1.29, 1.82) is 0 Å². The predicted molar refractivity (Wildman–Crippen MR) is 123 cm³/mol. The molecule has 5 rings (SSSR count). The molecule has 0 bridgehead atoms. The van der Waals surface area contributed by atoms with E-state index in [0.717, 1.165) is 15.6 Å². The average Bonchev–Trinajstić information content (AvgIpc) is 3.42. The average molecular weight is 483 g/mol. The van der Waals surface area contributed by atoms with Gasteiger partial charge in [-0.15, -0.1) is 11.3 Å². The normalized spacial score (nSPS) is 11.8. The molecule has 1 N–H and O–H groups in total. The molecule has 0 atom stereocenters. The second-order valence-corrected chi connectivity index (χ2v) is 10.4. The van der Waals surface area contributed by atoms with Crippen LogP contribution in [0.5, 0.6) is 0 Å². The van der Waals surface area contributed by atoms with E-state index in [2.05, 4.69) is 15.3 Å². The smallest absolute Gasteiger partial charge is 0.261 e. The van der Waals surface area contributed by atoms with Crippen LogP contribution in [0.15, 0.2) is 83.2 Å². The van der Waals surface area contributed by atoms with Gasteiger partial charge in [0.1, 0.15) is 5.65 Å². The van der Waals surface area contributed by atoms with Gasteiger partial charge in [-0.1, -0.05) is 23.7 Å². The molecule has 10 heteroatoms. The molecule has 1 amide bonds. The number of aromatic nitrogens is 3. The van der Waals surface area contributed by atoms with E-state index in [4.69, 9.17) is 11.6 Å². The topological polar surface area (TPSA) is 93.4 Å². The molecule has 0 saturated heterocycles. The number of carbonyl (C=O) groups is 1. The van der Waals surface area contributed by atoms with Gasteiger partial charge in [0.2, 0.25) is 9.84 Å². The Labute approximate surface area is 192 Å². The molecular formula is C22H15ClN4O3S2. The van der Waals surface area contributed by atoms with Crippen molar-refractivity contribution >= 4 is 54.4 Å². The number of nitrogens with one attached hydrogen (secondary N) is 1. The molecule has 4 aromatic heterocycles. The quantitative estimate of drug-likeness (QED) is 0.401. The summed E-state index contributed by atoms with van der Waals surface area (Å²) in [6.07, 6.45) is 6.25. The first kappa shape index (κ1) is 20.6. The minimum atomic E-state index is -3.79. The van der Waals surface area contributed by atoms with Gasteiger partial charge < -0.3 is 5.32 Å². The first-order valence-electron chi connectivity index (χ1n) is 9.50. The van der Waals surface area contributed by atoms with E-state index in [1.165, 1.54) is 40.3 Å². The molecule has 0 unspecified atom stereocenters. The molecule has 0 aliphatic carbocycles. The summed E-state index contributed by atoms with van der Waals surface area (Å²) in [5, 5.41) is 4.28. The molecule has 0 spiro atoms. The van der Waals surface area contributed by atoms with Crippen molar-refractivity contribution < 1.29 is 13.2 Å². The van der Waals surface area contributed by atoms with Gasteiger partial charge >= 0.3 is 0 Å². The van der Waals surface area contributed by atoms with Crippen molar-refractivity contribution in [3.63, 3.8) is 0 Å². The number of pyridine rings is 2. The number of nitrogens with zero attached hydrogens (tertiary/aromatic N) is 3. The third-order valence-corrected chi connectivity index (χ3v) is 8.00. The molecule has 0 aliphatic heterocycles. The minimum Gasteiger partial charge on any atom is -0.347 e. The van der Waals surface area contributed by atoms with Gasteiger partial charge in [-0.3, -0.25) is 14.2 Å². The zero-order valence-electron chi connectivity index (χ0n) is 16.4. The monoisotopic (exact) mass is 482 g/mol. The second kappa shape index (κ2) is 8.01. The Morgan fingerprint density at radius 3 is 2.69 bits per heavy atom. The summed E-state index contributed by atoms with van der Waals surface area (Å²) in [6, 6.07) is 13.4. The van der Waals surface area contributed by atoms with E-state index in [9.17, 15) is 13.2 Å². The van der Waals surface area contributed by atoms with E-state index in [1.807, 2.05) is 12.1 Å². The Bertz CT molecular complexity index is 1540. The van der Waals surface area contributed by atoms with Crippen LogP contribution in [0.2, 0.25) is 5.02 Å². The summed E-state index contributed by atoms with van der Waals surface area (Å²) in [7, 11) is -3.79. The fourth-order valence-corrected chi connectivity index (χ4v) is 5.74. The molecule has 1 aromatic carbocycles. The van der Waals surface area contributed by atoms with Crippen LogP contribution in [0.25, 0.3) is 15.7 Å². The van der Waals surface area contributed by atoms with Crippen LogP contribution in [0.3, 0.4) is 0 Å². The highest BCUT2D eigenvalue weighted by Crippen LogP contribution is 2.25. The largest absolute Gasteiger partial charge is 0.347 e. The number of hydrogen-bond acceptors (Lipinski definition) is 6. The summed E-state index contributed by atoms with van der Waals surface area (Å²) in [5.74, 6) is -0.189. The van der Waals surface area contributed by atoms with Gasteiger partial charge in [0.05, 0.1) is 25.7 Å². The maximum absolute atomic E-state index is 13.1. The van der Waals surface area contributed by atoms with Crippen LogP contribution in [0, 0.1) is 0 Å². The van der Waals surface area contributed by atoms with Gasteiger partial charge in [-0.05, 0) is 47.3 Å². The number of rotatable bonds is 5. The van der Waals surface area contributed by atoms with Crippen LogP contribution in [0.4, 0.5) is 0 Å². The van der Waals surface area contributed by atoms with Crippen molar-refractivity contribution in [2.75, 3.05) is 0 Å². The highest BCUT2D eigenvalue weighted by molar-refractivity contribution is 7.91. The number of benzene rings is 1. The number of hydrogen-bond donors (Lipinski definition) is 1. The zero-order valence-corrected chi connectivity index (χ0v) is 18.8. The van der Waals surface area contributed by atoms with Crippen molar-refractivity contribution in [2.24, 2.45) is 0 Å². The van der Waals surface area contributed by atoms with Crippen molar-refractivity contribution in [2.45, 2.75) is 16.5 Å². The summed E-state index contributed by atoms with van der Waals surface area (Å²) < 4.78 is 28.6. The van der Waals surface area contributed by atoms with Crippen LogP contribution in [0.1, 0.15) is 15.2 Å². The number of fused-ring (bicyclic) bond motifs is 2. The lowest BCUT2D eigenvalue weighted by atomic mass is 10.2. The molecule has 32 heavy (non-hydrogen) atoms. The minimum absolute atomic E-state index is 0.0373. The Hall–Kier alpha value is -3.27. The number of amides is 1. The fourth-order valence-electron chi connectivity index (χ4n) is 3.30. The van der Waals surface area contributed by atoms with Gasteiger partial charge in [0, 0.05) is 25.1 Å². The molecule has 0 fully saturated rings. The van der Waals surface area contributed by atoms with Crippen LogP contribution < -0.4 is 5.32 Å².